The molecule has 7 heteroatoms. The number of hydrogen-bond acceptors (Lipinski definition) is 4. The monoisotopic (exact) mass is 273 g/mol. The van der Waals surface area contributed by atoms with E-state index in [0.29, 0.717) is 6.42 Å². The Morgan fingerprint density at radius 2 is 2.11 bits per heavy atom. The standard InChI is InChI=1S/C12H17F2N3O2/c1-11(2,3)19-10(18)9-8(15-17-16-9)7-4-5-12(13,14)6-7/h7H,4-6H2,1-3H3,(H,15,16,17). The molecule has 19 heavy (non-hydrogen) atoms. The summed E-state index contributed by atoms with van der Waals surface area (Å²) in [5.41, 5.74) is -0.364. The first-order valence-electron chi connectivity index (χ1n) is 6.20. The van der Waals surface area contributed by atoms with E-state index >= 15 is 0 Å². The number of nitrogens with one attached hydrogen (secondary N) is 1. The number of alkyl halides is 2. The Kier molecular flexibility index (Phi) is 3.32. The molecule has 5 nitrogen and oxygen atoms in total. The average Bonchev–Trinajstić information content (AvgIpc) is 2.80. The van der Waals surface area contributed by atoms with Crippen LogP contribution < -0.4 is 0 Å². The van der Waals surface area contributed by atoms with E-state index in [2.05, 4.69) is 15.4 Å². The van der Waals surface area contributed by atoms with Crippen LogP contribution in [0.3, 0.4) is 0 Å². The molecular formula is C12H17F2N3O2. The lowest BCUT2D eigenvalue weighted by Crippen LogP contribution is -2.25. The number of hydrogen-bond donors (Lipinski definition) is 1. The van der Waals surface area contributed by atoms with Gasteiger partial charge in [0.15, 0.2) is 5.69 Å². The summed E-state index contributed by atoms with van der Waals surface area (Å²) in [4.78, 5) is 11.9. The lowest BCUT2D eigenvalue weighted by atomic mass is 10.0. The van der Waals surface area contributed by atoms with E-state index < -0.39 is 23.4 Å². The highest BCUT2D eigenvalue weighted by molar-refractivity contribution is 5.88. The molecule has 1 unspecified atom stereocenters. The first-order chi connectivity index (χ1) is 8.68. The first-order valence-corrected chi connectivity index (χ1v) is 6.20. The van der Waals surface area contributed by atoms with Crippen LogP contribution in [0.15, 0.2) is 0 Å². The third-order valence-corrected chi connectivity index (χ3v) is 2.96. The first kappa shape index (κ1) is 13.9. The smallest absolute Gasteiger partial charge is 0.361 e. The second-order valence-electron chi connectivity index (χ2n) is 5.86. The van der Waals surface area contributed by atoms with Crippen molar-refractivity contribution in [2.45, 2.75) is 57.5 Å². The number of esters is 1. The van der Waals surface area contributed by atoms with Gasteiger partial charge in [-0.2, -0.15) is 10.3 Å². The maximum Gasteiger partial charge on any atom is 0.361 e. The van der Waals surface area contributed by atoms with Crippen molar-refractivity contribution in [2.75, 3.05) is 0 Å². The molecular weight excluding hydrogens is 256 g/mol. The molecule has 0 radical (unpaired) electrons. The summed E-state index contributed by atoms with van der Waals surface area (Å²) in [5.74, 6) is -3.77. The minimum absolute atomic E-state index is 0.0117. The van der Waals surface area contributed by atoms with E-state index in [9.17, 15) is 13.6 Å². The Labute approximate surface area is 109 Å². The van der Waals surface area contributed by atoms with E-state index in [1.807, 2.05) is 0 Å². The maximum atomic E-state index is 13.2. The number of carbonyl (C=O) groups is 1. The second kappa shape index (κ2) is 4.54. The van der Waals surface area contributed by atoms with Gasteiger partial charge in [-0.15, -0.1) is 5.10 Å². The molecule has 0 bridgehead atoms. The summed E-state index contributed by atoms with van der Waals surface area (Å²) in [6, 6.07) is 0. The van der Waals surface area contributed by atoms with Crippen LogP contribution in [0.25, 0.3) is 0 Å². The zero-order chi connectivity index (χ0) is 14.3. The second-order valence-corrected chi connectivity index (χ2v) is 5.86. The minimum Gasteiger partial charge on any atom is -0.455 e. The molecule has 1 saturated carbocycles. The van der Waals surface area contributed by atoms with Gasteiger partial charge in [0.25, 0.3) is 0 Å². The van der Waals surface area contributed by atoms with Crippen molar-refractivity contribution in [2.24, 2.45) is 0 Å². The molecule has 106 valence electrons. The fourth-order valence-electron chi connectivity index (χ4n) is 2.18. The third kappa shape index (κ3) is 3.27. The van der Waals surface area contributed by atoms with Gasteiger partial charge in [-0.1, -0.05) is 0 Å². The van der Waals surface area contributed by atoms with Crippen molar-refractivity contribution in [3.8, 4) is 0 Å². The Bertz CT molecular complexity index is 480. The third-order valence-electron chi connectivity index (χ3n) is 2.96. The number of halogens is 2. The number of nitrogens with zero attached hydrogens (tertiary/aromatic N) is 2. The zero-order valence-electron chi connectivity index (χ0n) is 11.2. The SMILES string of the molecule is CC(C)(C)OC(=O)c1n[nH]nc1C1CCC(F)(F)C1. The normalized spacial score (nSPS) is 22.5. The number of ether oxygens (including phenoxy) is 1. The molecule has 0 amide bonds. The molecule has 1 aliphatic carbocycles. The number of aromatic amines is 1. The lowest BCUT2D eigenvalue weighted by Gasteiger charge is -2.19. The Morgan fingerprint density at radius 1 is 1.42 bits per heavy atom. The van der Waals surface area contributed by atoms with Gasteiger partial charge >= 0.3 is 5.97 Å². The van der Waals surface area contributed by atoms with Crippen LogP contribution in [-0.4, -0.2) is 32.9 Å². The van der Waals surface area contributed by atoms with E-state index in [4.69, 9.17) is 4.74 Å². The van der Waals surface area contributed by atoms with Crippen LogP contribution in [0, 0.1) is 0 Å². The van der Waals surface area contributed by atoms with Crippen LogP contribution in [0.2, 0.25) is 0 Å². The summed E-state index contributed by atoms with van der Waals surface area (Å²) in [7, 11) is 0. The van der Waals surface area contributed by atoms with E-state index in [1.54, 1.807) is 20.8 Å². The van der Waals surface area contributed by atoms with Gasteiger partial charge in [0, 0.05) is 18.8 Å². The van der Waals surface area contributed by atoms with Gasteiger partial charge in [-0.05, 0) is 27.2 Å². The quantitative estimate of drug-likeness (QED) is 0.841. The molecule has 0 aliphatic heterocycles. The largest absolute Gasteiger partial charge is 0.455 e. The van der Waals surface area contributed by atoms with Gasteiger partial charge in [-0.25, -0.2) is 13.6 Å². The summed E-state index contributed by atoms with van der Waals surface area (Å²) in [5, 5.41) is 9.91. The molecule has 0 aromatic carbocycles. The fraction of sp³-hybridized carbons (Fsp3) is 0.750. The Hall–Kier alpha value is -1.53. The van der Waals surface area contributed by atoms with Gasteiger partial charge < -0.3 is 4.74 Å². The van der Waals surface area contributed by atoms with Crippen LogP contribution in [0.1, 0.15) is 62.1 Å². The molecule has 0 spiro atoms. The van der Waals surface area contributed by atoms with E-state index in [1.165, 1.54) is 0 Å². The Balaban J connectivity index is 2.17. The van der Waals surface area contributed by atoms with Crippen molar-refractivity contribution < 1.29 is 18.3 Å². The maximum absolute atomic E-state index is 13.2. The highest BCUT2D eigenvalue weighted by Gasteiger charge is 2.42. The summed E-state index contributed by atoms with van der Waals surface area (Å²) >= 11 is 0. The fourth-order valence-corrected chi connectivity index (χ4v) is 2.18. The average molecular weight is 273 g/mol. The number of rotatable bonds is 2. The van der Waals surface area contributed by atoms with E-state index in [0.717, 1.165) is 0 Å². The summed E-state index contributed by atoms with van der Waals surface area (Å²) in [6.45, 7) is 5.19. The van der Waals surface area contributed by atoms with Crippen molar-refractivity contribution in [1.82, 2.24) is 15.4 Å². The molecule has 1 N–H and O–H groups in total. The zero-order valence-corrected chi connectivity index (χ0v) is 11.2. The molecule has 1 aromatic heterocycles. The highest BCUT2D eigenvalue weighted by Crippen LogP contribution is 2.44. The molecule has 1 heterocycles. The van der Waals surface area contributed by atoms with Crippen molar-refractivity contribution in [3.63, 3.8) is 0 Å². The van der Waals surface area contributed by atoms with Crippen LogP contribution in [0.5, 0.6) is 0 Å². The van der Waals surface area contributed by atoms with Crippen molar-refractivity contribution in [1.29, 1.82) is 0 Å². The number of H-pyrrole nitrogens is 1. The number of aromatic nitrogens is 3. The molecule has 0 saturated heterocycles. The topological polar surface area (TPSA) is 67.9 Å². The van der Waals surface area contributed by atoms with Gasteiger partial charge in [0.2, 0.25) is 5.92 Å². The van der Waals surface area contributed by atoms with Crippen LogP contribution in [-0.2, 0) is 4.74 Å². The Morgan fingerprint density at radius 3 is 2.63 bits per heavy atom. The molecule has 1 fully saturated rings. The van der Waals surface area contributed by atoms with Gasteiger partial charge in [0.05, 0.1) is 0 Å². The minimum atomic E-state index is -2.69. The lowest BCUT2D eigenvalue weighted by molar-refractivity contribution is 0.00428. The highest BCUT2D eigenvalue weighted by atomic mass is 19.3. The molecule has 1 aliphatic rings. The summed E-state index contributed by atoms with van der Waals surface area (Å²) < 4.78 is 31.6. The molecule has 1 aromatic rings. The van der Waals surface area contributed by atoms with Crippen molar-refractivity contribution >= 4 is 5.97 Å². The van der Waals surface area contributed by atoms with Gasteiger partial charge in [-0.3, -0.25) is 0 Å². The van der Waals surface area contributed by atoms with Gasteiger partial charge in [0.1, 0.15) is 11.3 Å². The molecule has 2 rings (SSSR count). The predicted octanol–water partition coefficient (Wildman–Crippen LogP) is 2.66. The number of carbonyl (C=O) groups excluding carboxylic acids is 1. The van der Waals surface area contributed by atoms with Crippen LogP contribution in [0.4, 0.5) is 8.78 Å². The van der Waals surface area contributed by atoms with E-state index in [-0.39, 0.29) is 24.2 Å². The predicted molar refractivity (Wildman–Crippen MR) is 63.1 cm³/mol. The van der Waals surface area contributed by atoms with Crippen LogP contribution >= 0.6 is 0 Å². The summed E-state index contributed by atoms with van der Waals surface area (Å²) in [6.07, 6.45) is -0.178. The molecule has 1 atom stereocenters. The van der Waals surface area contributed by atoms with Crippen molar-refractivity contribution in [3.05, 3.63) is 11.4 Å².